The Morgan fingerprint density at radius 3 is 2.93 bits per heavy atom. The van der Waals surface area contributed by atoms with Gasteiger partial charge in [-0.3, -0.25) is 14.9 Å². The minimum absolute atomic E-state index is 0.302. The van der Waals surface area contributed by atoms with E-state index in [2.05, 4.69) is 38.7 Å². The summed E-state index contributed by atoms with van der Waals surface area (Å²) >= 11 is 0. The van der Waals surface area contributed by atoms with Crippen LogP contribution in [-0.4, -0.2) is 46.6 Å². The van der Waals surface area contributed by atoms with Crippen LogP contribution in [0.3, 0.4) is 0 Å². The summed E-state index contributed by atoms with van der Waals surface area (Å²) in [6.07, 6.45) is 12.2. The smallest absolute Gasteiger partial charge is 0.312 e. The Morgan fingerprint density at radius 2 is 2.07 bits per heavy atom. The Labute approximate surface area is 177 Å². The second-order valence-corrected chi connectivity index (χ2v) is 8.02. The molecule has 30 heavy (non-hydrogen) atoms. The predicted molar refractivity (Wildman–Crippen MR) is 117 cm³/mol. The number of rotatable bonds is 7. The van der Waals surface area contributed by atoms with Crippen LogP contribution < -0.4 is 16.4 Å². The van der Waals surface area contributed by atoms with Gasteiger partial charge in [0.05, 0.1) is 11.7 Å². The highest BCUT2D eigenvalue weighted by atomic mass is 16.2. The van der Waals surface area contributed by atoms with Gasteiger partial charge in [-0.25, -0.2) is 4.79 Å². The third-order valence-corrected chi connectivity index (χ3v) is 5.97. The van der Waals surface area contributed by atoms with Crippen LogP contribution in [0.1, 0.15) is 41.4 Å². The van der Waals surface area contributed by atoms with Gasteiger partial charge in [-0.2, -0.15) is 0 Å². The summed E-state index contributed by atoms with van der Waals surface area (Å²) in [4.78, 5) is 22.7. The van der Waals surface area contributed by atoms with Crippen molar-refractivity contribution in [3.63, 3.8) is 0 Å². The van der Waals surface area contributed by atoms with E-state index in [1.54, 1.807) is 0 Å². The van der Waals surface area contributed by atoms with Gasteiger partial charge in [-0.15, -0.1) is 0 Å². The lowest BCUT2D eigenvalue weighted by Gasteiger charge is -2.37. The molecule has 4 rings (SSSR count). The van der Waals surface area contributed by atoms with E-state index in [0.29, 0.717) is 18.6 Å². The first-order valence-corrected chi connectivity index (χ1v) is 10.7. The van der Waals surface area contributed by atoms with Crippen molar-refractivity contribution in [2.75, 3.05) is 19.6 Å². The summed E-state index contributed by atoms with van der Waals surface area (Å²) in [6, 6.07) is 8.54. The number of carbonyl (C=O) groups excluding carboxylic acids is 1. The molecule has 0 saturated carbocycles. The molecule has 1 aliphatic carbocycles. The number of hydrogen-bond acceptors (Lipinski definition) is 5. The third kappa shape index (κ3) is 5.04. The average molecular weight is 407 g/mol. The number of fused-ring (bicyclic) bond motifs is 2. The Morgan fingerprint density at radius 1 is 1.23 bits per heavy atom. The van der Waals surface area contributed by atoms with Crippen LogP contribution in [0.25, 0.3) is 0 Å². The fraction of sp³-hybridized carbons (Fsp3) is 0.435. The molecule has 2 aromatic rings. The molecule has 2 aliphatic rings. The molecule has 158 valence electrons. The summed E-state index contributed by atoms with van der Waals surface area (Å²) < 4.78 is 0. The lowest BCUT2D eigenvalue weighted by Crippen LogP contribution is -2.46. The largest absolute Gasteiger partial charge is 0.352 e. The molecule has 7 nitrogen and oxygen atoms in total. The number of nitrogens with one attached hydrogen (secondary N) is 2. The molecule has 2 amide bonds. The van der Waals surface area contributed by atoms with Crippen LogP contribution in [0.15, 0.2) is 48.8 Å². The van der Waals surface area contributed by atoms with Crippen LogP contribution in [-0.2, 0) is 19.4 Å². The molecule has 2 atom stereocenters. The van der Waals surface area contributed by atoms with Crippen molar-refractivity contribution in [1.82, 2.24) is 25.5 Å². The first-order valence-electron chi connectivity index (χ1n) is 10.7. The van der Waals surface area contributed by atoms with Crippen LogP contribution in [0.4, 0.5) is 4.79 Å². The van der Waals surface area contributed by atoms with Crippen molar-refractivity contribution in [3.05, 3.63) is 71.3 Å². The third-order valence-electron chi connectivity index (χ3n) is 5.97. The van der Waals surface area contributed by atoms with Crippen molar-refractivity contribution >= 4 is 6.03 Å². The highest BCUT2D eigenvalue weighted by Gasteiger charge is 2.29. The van der Waals surface area contributed by atoms with Crippen molar-refractivity contribution in [3.8, 4) is 0 Å². The zero-order valence-corrected chi connectivity index (χ0v) is 17.3. The first-order chi connectivity index (χ1) is 14.7. The van der Waals surface area contributed by atoms with E-state index in [1.165, 1.54) is 28.9 Å². The molecule has 0 spiro atoms. The number of nitrogens with two attached hydrogens (primary N) is 1. The van der Waals surface area contributed by atoms with Crippen molar-refractivity contribution in [2.24, 2.45) is 5.73 Å². The molecule has 4 N–H and O–H groups in total. The van der Waals surface area contributed by atoms with Gasteiger partial charge in [0.2, 0.25) is 0 Å². The summed E-state index contributed by atoms with van der Waals surface area (Å²) in [5.74, 6) is 0. The summed E-state index contributed by atoms with van der Waals surface area (Å²) in [5, 5.41) is 6.29. The van der Waals surface area contributed by atoms with Crippen LogP contribution in [0.2, 0.25) is 0 Å². The van der Waals surface area contributed by atoms with Gasteiger partial charge in [-0.1, -0.05) is 24.3 Å². The number of aromatic nitrogens is 2. The molecule has 7 heteroatoms. The monoisotopic (exact) mass is 406 g/mol. The number of aryl methyl sites for hydroxylation is 1. The van der Waals surface area contributed by atoms with Crippen molar-refractivity contribution in [1.29, 1.82) is 0 Å². The molecule has 1 unspecified atom stereocenters. The first kappa shape index (κ1) is 20.5. The molecular weight excluding hydrogens is 376 g/mol. The lowest BCUT2D eigenvalue weighted by atomic mass is 9.90. The molecule has 0 bridgehead atoms. The number of hydrogen-bond donors (Lipinski definition) is 3. The second kappa shape index (κ2) is 9.82. The summed E-state index contributed by atoms with van der Waals surface area (Å²) in [7, 11) is 0. The van der Waals surface area contributed by atoms with Crippen molar-refractivity contribution < 1.29 is 4.79 Å². The van der Waals surface area contributed by atoms with Gasteiger partial charge in [0.1, 0.15) is 0 Å². The fourth-order valence-electron chi connectivity index (χ4n) is 4.51. The van der Waals surface area contributed by atoms with Gasteiger partial charge in [0.25, 0.3) is 0 Å². The summed E-state index contributed by atoms with van der Waals surface area (Å²) in [5.41, 5.74) is 10.2. The quantitative estimate of drug-likeness (QED) is 0.612. The zero-order valence-electron chi connectivity index (χ0n) is 17.3. The number of primary amides is 1. The van der Waals surface area contributed by atoms with Gasteiger partial charge < -0.3 is 16.4 Å². The normalized spacial score (nSPS) is 20.7. The van der Waals surface area contributed by atoms with E-state index in [1.807, 2.05) is 30.6 Å². The van der Waals surface area contributed by atoms with Gasteiger partial charge in [0.15, 0.2) is 0 Å². The van der Waals surface area contributed by atoms with Gasteiger partial charge in [-0.05, 0) is 42.5 Å². The predicted octanol–water partition coefficient (Wildman–Crippen LogP) is 2.10. The zero-order chi connectivity index (χ0) is 20.8. The molecular formula is C23H30N6O. The molecule has 0 aromatic carbocycles. The van der Waals surface area contributed by atoms with Crippen LogP contribution in [0.5, 0.6) is 0 Å². The highest BCUT2D eigenvalue weighted by molar-refractivity contribution is 5.71. The molecule has 0 fully saturated rings. The molecule has 2 aromatic heterocycles. The second-order valence-electron chi connectivity index (χ2n) is 8.02. The SMILES string of the molecule is NC(=O)NC/C=C\CN(CC1Cc2ncccc2CN1)[C@H]1CCCc2cccnc21. The average Bonchev–Trinajstić information content (AvgIpc) is 2.77. The number of urea groups is 1. The Bertz CT molecular complexity index is 899. The number of carbonyl (C=O) groups is 1. The van der Waals surface area contributed by atoms with Gasteiger partial charge in [0, 0.05) is 56.7 Å². The van der Waals surface area contributed by atoms with E-state index >= 15 is 0 Å². The van der Waals surface area contributed by atoms with E-state index in [4.69, 9.17) is 10.7 Å². The van der Waals surface area contributed by atoms with Crippen LogP contribution >= 0.6 is 0 Å². The van der Waals surface area contributed by atoms with E-state index < -0.39 is 6.03 Å². The maximum atomic E-state index is 10.9. The lowest BCUT2D eigenvalue weighted by molar-refractivity contribution is 0.170. The maximum absolute atomic E-state index is 10.9. The van der Waals surface area contributed by atoms with E-state index in [0.717, 1.165) is 38.9 Å². The van der Waals surface area contributed by atoms with Crippen molar-refractivity contribution in [2.45, 2.75) is 44.3 Å². The Hall–Kier alpha value is -2.77. The van der Waals surface area contributed by atoms with E-state index in [-0.39, 0.29) is 0 Å². The van der Waals surface area contributed by atoms with E-state index in [9.17, 15) is 4.79 Å². The number of amides is 2. The maximum Gasteiger partial charge on any atom is 0.312 e. The standard InChI is InChI=1S/C23H30N6O/c24-23(30)27-10-1-2-13-29(21-9-3-6-17-7-4-12-26-22(17)21)16-19-14-20-18(15-28-19)8-5-11-25-20/h1-2,4-5,7-8,11-12,19,21,28H,3,6,9-10,13-16H2,(H3,24,27,30)/b2-1-/t19?,21-/m0/s1. The highest BCUT2D eigenvalue weighted by Crippen LogP contribution is 2.33. The van der Waals surface area contributed by atoms with Crippen LogP contribution in [0, 0.1) is 0 Å². The minimum Gasteiger partial charge on any atom is -0.352 e. The molecule has 0 saturated heterocycles. The topological polar surface area (TPSA) is 96.2 Å². The fourth-order valence-corrected chi connectivity index (χ4v) is 4.51. The summed E-state index contributed by atoms with van der Waals surface area (Å²) in [6.45, 7) is 3.03. The molecule has 1 aliphatic heterocycles. The number of pyridine rings is 2. The molecule has 0 radical (unpaired) electrons. The Kier molecular flexibility index (Phi) is 6.71. The number of nitrogens with zero attached hydrogens (tertiary/aromatic N) is 3. The Balaban J connectivity index is 1.49. The molecule has 3 heterocycles. The van der Waals surface area contributed by atoms with Gasteiger partial charge >= 0.3 is 6.03 Å². The minimum atomic E-state index is -0.500.